The first-order chi connectivity index (χ1) is 16.2. The van der Waals surface area contributed by atoms with Crippen LogP contribution in [0.4, 0.5) is 23.7 Å². The van der Waals surface area contributed by atoms with Crippen LogP contribution >= 0.6 is 23.2 Å². The summed E-state index contributed by atoms with van der Waals surface area (Å²) < 4.78 is 48.3. The van der Waals surface area contributed by atoms with Crippen molar-refractivity contribution in [2.24, 2.45) is 0 Å². The Hall–Kier alpha value is -2.65. The Balaban J connectivity index is 1.92. The van der Waals surface area contributed by atoms with Crippen molar-refractivity contribution < 1.29 is 27.5 Å². The van der Waals surface area contributed by atoms with Gasteiger partial charge in [0.2, 0.25) is 5.91 Å². The van der Waals surface area contributed by atoms with Gasteiger partial charge in [-0.1, -0.05) is 23.2 Å². The third kappa shape index (κ3) is 6.73. The number of ether oxygens (including phenoxy) is 1. The summed E-state index contributed by atoms with van der Waals surface area (Å²) in [4.78, 5) is 30.1. The Bertz CT molecular complexity index is 1080. The quantitative estimate of drug-likeness (QED) is 0.523. The molecule has 11 heteroatoms. The molecule has 0 N–H and O–H groups in total. The van der Waals surface area contributed by atoms with Gasteiger partial charge in [0.15, 0.2) is 11.6 Å². The van der Waals surface area contributed by atoms with Crippen LogP contribution in [0.25, 0.3) is 0 Å². The van der Waals surface area contributed by atoms with Crippen molar-refractivity contribution in [1.29, 1.82) is 0 Å². The van der Waals surface area contributed by atoms with Gasteiger partial charge in [-0.15, -0.1) is 0 Å². The lowest BCUT2D eigenvalue weighted by Crippen LogP contribution is -2.61. The summed E-state index contributed by atoms with van der Waals surface area (Å²) in [6.45, 7) is 4.99. The lowest BCUT2D eigenvalue weighted by Gasteiger charge is -2.43. The zero-order valence-corrected chi connectivity index (χ0v) is 21.3. The van der Waals surface area contributed by atoms with Crippen LogP contribution in [-0.4, -0.2) is 60.1 Å². The molecule has 0 radical (unpaired) electrons. The number of nitrogens with zero attached hydrogens (tertiary/aromatic N) is 3. The maximum absolute atomic E-state index is 14.7. The third-order valence-corrected chi connectivity index (χ3v) is 5.74. The molecular formula is C24H26Cl2F3N3O3. The maximum atomic E-state index is 14.7. The van der Waals surface area contributed by atoms with E-state index in [2.05, 4.69) is 0 Å². The predicted molar refractivity (Wildman–Crippen MR) is 128 cm³/mol. The second-order valence-corrected chi connectivity index (χ2v) is 10.2. The number of hydrogen-bond acceptors (Lipinski definition) is 4. The normalized spacial score (nSPS) is 16.3. The van der Waals surface area contributed by atoms with E-state index in [0.29, 0.717) is 27.7 Å². The van der Waals surface area contributed by atoms with E-state index in [1.165, 1.54) is 21.7 Å². The van der Waals surface area contributed by atoms with Crippen LogP contribution in [0.15, 0.2) is 30.3 Å². The first-order valence-corrected chi connectivity index (χ1v) is 11.6. The molecule has 0 aromatic heterocycles. The Labute approximate surface area is 212 Å². The van der Waals surface area contributed by atoms with Gasteiger partial charge >= 0.3 is 6.09 Å². The number of hydrogen-bond donors (Lipinski definition) is 0. The van der Waals surface area contributed by atoms with Crippen molar-refractivity contribution in [1.82, 2.24) is 9.80 Å². The summed E-state index contributed by atoms with van der Waals surface area (Å²) in [7, 11) is 1.51. The number of carbonyl (C=O) groups excluding carboxylic acids is 2. The molecule has 190 valence electrons. The number of anilines is 1. The molecule has 0 spiro atoms. The van der Waals surface area contributed by atoms with Crippen LogP contribution in [-0.2, 0) is 16.1 Å². The van der Waals surface area contributed by atoms with Gasteiger partial charge in [0, 0.05) is 48.9 Å². The molecule has 0 saturated carbocycles. The van der Waals surface area contributed by atoms with Gasteiger partial charge in [0.1, 0.15) is 23.1 Å². The highest BCUT2D eigenvalue weighted by molar-refractivity contribution is 6.34. The fourth-order valence-corrected chi connectivity index (χ4v) is 4.44. The van der Waals surface area contributed by atoms with Gasteiger partial charge in [-0.05, 0) is 44.5 Å². The number of benzene rings is 2. The van der Waals surface area contributed by atoms with E-state index in [-0.39, 0.29) is 26.2 Å². The van der Waals surface area contributed by atoms with Crippen LogP contribution in [0.5, 0.6) is 0 Å². The van der Waals surface area contributed by atoms with Gasteiger partial charge in [-0.2, -0.15) is 0 Å². The molecule has 1 unspecified atom stereocenters. The molecule has 2 aromatic rings. The molecule has 0 aliphatic carbocycles. The van der Waals surface area contributed by atoms with E-state index in [0.717, 1.165) is 0 Å². The highest BCUT2D eigenvalue weighted by Gasteiger charge is 2.39. The summed E-state index contributed by atoms with van der Waals surface area (Å²) in [5.41, 5.74) is -0.664. The minimum atomic E-state index is -1.16. The van der Waals surface area contributed by atoms with Crippen molar-refractivity contribution in [3.63, 3.8) is 0 Å². The minimum absolute atomic E-state index is 0.0442. The molecule has 0 bridgehead atoms. The molecule has 35 heavy (non-hydrogen) atoms. The monoisotopic (exact) mass is 531 g/mol. The number of piperazine rings is 1. The van der Waals surface area contributed by atoms with Crippen molar-refractivity contribution in [3.05, 3.63) is 63.4 Å². The smallest absolute Gasteiger partial charge is 0.410 e. The maximum Gasteiger partial charge on any atom is 0.410 e. The van der Waals surface area contributed by atoms with Crippen molar-refractivity contribution in [2.45, 2.75) is 39.0 Å². The van der Waals surface area contributed by atoms with E-state index in [1.54, 1.807) is 39.0 Å². The van der Waals surface area contributed by atoms with Crippen molar-refractivity contribution in [3.8, 4) is 0 Å². The van der Waals surface area contributed by atoms with Gasteiger partial charge < -0.3 is 19.4 Å². The summed E-state index contributed by atoms with van der Waals surface area (Å²) in [5, 5.41) is 0.776. The lowest BCUT2D eigenvalue weighted by atomic mass is 10.1. The molecule has 2 amide bonds. The van der Waals surface area contributed by atoms with Crippen molar-refractivity contribution >= 4 is 40.9 Å². The number of amides is 2. The highest BCUT2D eigenvalue weighted by atomic mass is 35.5. The molecule has 1 saturated heterocycles. The standard InChI is InChI=1S/C24H26Cl2F3N3O3/c1-24(2,3)35-23(34)31-5-6-32(21-18(28)10-17(27)11-19(21)29)20(13-31)22(33)30(4)12-14-7-15(25)9-16(26)8-14/h7-11,20H,5-6,12-13H2,1-4H3. The molecule has 1 fully saturated rings. The zero-order chi connectivity index (χ0) is 26.1. The highest BCUT2D eigenvalue weighted by Crippen LogP contribution is 2.30. The SMILES string of the molecule is CN(Cc1cc(Cl)cc(Cl)c1)C(=O)C1CN(C(=O)OC(C)(C)C)CCN1c1c(F)cc(F)cc1F. The van der Waals surface area contributed by atoms with E-state index in [9.17, 15) is 22.8 Å². The second kappa shape index (κ2) is 10.5. The fraction of sp³-hybridized carbons (Fsp3) is 0.417. The summed E-state index contributed by atoms with van der Waals surface area (Å²) in [6, 6.07) is 4.78. The Kier molecular flexibility index (Phi) is 8.11. The molecule has 1 atom stereocenters. The van der Waals surface area contributed by atoms with E-state index in [4.69, 9.17) is 27.9 Å². The average molecular weight is 532 g/mol. The summed E-state index contributed by atoms with van der Waals surface area (Å²) >= 11 is 12.1. The molecule has 1 aliphatic rings. The van der Waals surface area contributed by atoms with Crippen LogP contribution in [0, 0.1) is 17.5 Å². The zero-order valence-electron chi connectivity index (χ0n) is 19.7. The molecule has 1 aliphatic heterocycles. The van der Waals surface area contributed by atoms with Gasteiger partial charge in [0.05, 0.1) is 6.54 Å². The topological polar surface area (TPSA) is 53.1 Å². The van der Waals surface area contributed by atoms with E-state index in [1.807, 2.05) is 0 Å². The van der Waals surface area contributed by atoms with Gasteiger partial charge in [-0.25, -0.2) is 18.0 Å². The molecule has 3 rings (SSSR count). The number of rotatable bonds is 4. The number of halogens is 5. The Morgan fingerprint density at radius 3 is 2.14 bits per heavy atom. The molecule has 1 heterocycles. The average Bonchev–Trinajstić information content (AvgIpc) is 2.70. The van der Waals surface area contributed by atoms with Gasteiger partial charge in [0.25, 0.3) is 0 Å². The predicted octanol–water partition coefficient (Wildman–Crippen LogP) is 5.50. The van der Waals surface area contributed by atoms with Crippen LogP contribution in [0.1, 0.15) is 26.3 Å². The Morgan fingerprint density at radius 2 is 1.60 bits per heavy atom. The second-order valence-electron chi connectivity index (χ2n) is 9.33. The first-order valence-electron chi connectivity index (χ1n) is 10.8. The largest absolute Gasteiger partial charge is 0.444 e. The third-order valence-electron chi connectivity index (χ3n) is 5.30. The minimum Gasteiger partial charge on any atom is -0.444 e. The molecule has 6 nitrogen and oxygen atoms in total. The van der Waals surface area contributed by atoms with E-state index < -0.39 is 46.8 Å². The van der Waals surface area contributed by atoms with Gasteiger partial charge in [-0.3, -0.25) is 4.79 Å². The summed E-state index contributed by atoms with van der Waals surface area (Å²) in [6.07, 6.45) is -0.653. The number of carbonyl (C=O) groups is 2. The van der Waals surface area contributed by atoms with E-state index >= 15 is 0 Å². The molecular weight excluding hydrogens is 506 g/mol. The van der Waals surface area contributed by atoms with Crippen molar-refractivity contribution in [2.75, 3.05) is 31.6 Å². The van der Waals surface area contributed by atoms with Crippen LogP contribution in [0.3, 0.4) is 0 Å². The number of likely N-dealkylation sites (N-methyl/N-ethyl adjacent to an activating group) is 1. The van der Waals surface area contributed by atoms with Crippen LogP contribution in [0.2, 0.25) is 10.0 Å². The first kappa shape index (κ1) is 26.9. The Morgan fingerprint density at radius 1 is 1.03 bits per heavy atom. The lowest BCUT2D eigenvalue weighted by molar-refractivity contribution is -0.132. The molecule has 2 aromatic carbocycles. The summed E-state index contributed by atoms with van der Waals surface area (Å²) in [5.74, 6) is -3.88. The fourth-order valence-electron chi connectivity index (χ4n) is 3.87. The van der Waals surface area contributed by atoms with Crippen LogP contribution < -0.4 is 4.90 Å².